The molecule has 0 atom stereocenters. The van der Waals surface area contributed by atoms with Crippen LogP contribution in [0, 0.1) is 0 Å². The first kappa shape index (κ1) is 17.9. The fourth-order valence-electron chi connectivity index (χ4n) is 2.82. The highest BCUT2D eigenvalue weighted by Gasteiger charge is 2.31. The van der Waals surface area contributed by atoms with E-state index in [1.807, 2.05) is 24.3 Å². The second-order valence-corrected chi connectivity index (χ2v) is 7.36. The molecule has 0 radical (unpaired) electrons. The van der Waals surface area contributed by atoms with Crippen molar-refractivity contribution in [2.75, 3.05) is 6.26 Å². The van der Waals surface area contributed by atoms with Gasteiger partial charge < -0.3 is 4.74 Å². The first-order chi connectivity index (χ1) is 12.9. The van der Waals surface area contributed by atoms with Crippen molar-refractivity contribution in [1.82, 2.24) is 9.55 Å². The molecule has 2 heterocycles. The predicted octanol–water partition coefficient (Wildman–Crippen LogP) is 5.22. The smallest absolute Gasteiger partial charge is 0.406 e. The number of aromatic nitrogens is 2. The first-order valence-corrected chi connectivity index (χ1v) is 9.76. The SMILES string of the molecule is CSc1nc2sc3ccccc3c2c(=O)n1-c1ccc(OC(F)(F)F)cc1. The van der Waals surface area contributed by atoms with E-state index < -0.39 is 6.36 Å². The van der Waals surface area contributed by atoms with Gasteiger partial charge >= 0.3 is 6.36 Å². The molecule has 9 heteroatoms. The number of alkyl halides is 3. The Morgan fingerprint density at radius 3 is 2.48 bits per heavy atom. The number of rotatable bonds is 3. The molecule has 2 aromatic heterocycles. The number of hydrogen-bond donors (Lipinski definition) is 0. The van der Waals surface area contributed by atoms with Gasteiger partial charge in [-0.05, 0) is 36.6 Å². The van der Waals surface area contributed by atoms with Gasteiger partial charge in [-0.1, -0.05) is 30.0 Å². The number of nitrogens with zero attached hydrogens (tertiary/aromatic N) is 2. The summed E-state index contributed by atoms with van der Waals surface area (Å²) in [7, 11) is 0. The van der Waals surface area contributed by atoms with E-state index in [0.717, 1.165) is 10.1 Å². The van der Waals surface area contributed by atoms with Gasteiger partial charge in [-0.3, -0.25) is 9.36 Å². The second kappa shape index (κ2) is 6.58. The van der Waals surface area contributed by atoms with Crippen LogP contribution in [0.5, 0.6) is 5.75 Å². The Bertz CT molecular complexity index is 1200. The lowest BCUT2D eigenvalue weighted by Gasteiger charge is -2.12. The monoisotopic (exact) mass is 408 g/mol. The third-order valence-electron chi connectivity index (χ3n) is 3.89. The molecule has 27 heavy (non-hydrogen) atoms. The molecule has 2 aromatic carbocycles. The van der Waals surface area contributed by atoms with E-state index in [2.05, 4.69) is 9.72 Å². The molecule has 0 N–H and O–H groups in total. The molecule has 4 aromatic rings. The molecule has 0 aliphatic rings. The van der Waals surface area contributed by atoms with Gasteiger partial charge in [0.25, 0.3) is 5.56 Å². The van der Waals surface area contributed by atoms with Gasteiger partial charge in [0.1, 0.15) is 10.6 Å². The van der Waals surface area contributed by atoms with Crippen molar-refractivity contribution in [3.63, 3.8) is 0 Å². The Morgan fingerprint density at radius 1 is 1.11 bits per heavy atom. The van der Waals surface area contributed by atoms with Crippen LogP contribution in [0.1, 0.15) is 0 Å². The summed E-state index contributed by atoms with van der Waals surface area (Å²) in [6.45, 7) is 0. The van der Waals surface area contributed by atoms with E-state index in [1.165, 1.54) is 51.9 Å². The summed E-state index contributed by atoms with van der Waals surface area (Å²) in [5, 5.41) is 1.78. The maximum absolute atomic E-state index is 13.2. The molecule has 4 nitrogen and oxygen atoms in total. The normalized spacial score (nSPS) is 12.0. The zero-order valence-electron chi connectivity index (χ0n) is 13.8. The van der Waals surface area contributed by atoms with Crippen LogP contribution in [0.25, 0.3) is 26.0 Å². The van der Waals surface area contributed by atoms with Crippen molar-refractivity contribution < 1.29 is 17.9 Å². The minimum absolute atomic E-state index is 0.258. The molecular formula is C18H11F3N2O2S2. The fraction of sp³-hybridized carbons (Fsp3) is 0.111. The lowest BCUT2D eigenvalue weighted by atomic mass is 10.2. The van der Waals surface area contributed by atoms with E-state index in [-0.39, 0.29) is 11.3 Å². The highest BCUT2D eigenvalue weighted by atomic mass is 32.2. The second-order valence-electron chi connectivity index (χ2n) is 5.56. The lowest BCUT2D eigenvalue weighted by molar-refractivity contribution is -0.274. The molecule has 0 aliphatic heterocycles. The Kier molecular flexibility index (Phi) is 4.35. The van der Waals surface area contributed by atoms with Crippen molar-refractivity contribution in [2.45, 2.75) is 11.5 Å². The van der Waals surface area contributed by atoms with E-state index in [0.29, 0.717) is 21.1 Å². The number of thioether (sulfide) groups is 1. The van der Waals surface area contributed by atoms with Crippen LogP contribution < -0.4 is 10.3 Å². The quantitative estimate of drug-likeness (QED) is 0.344. The average Bonchev–Trinajstić information content (AvgIpc) is 3.00. The van der Waals surface area contributed by atoms with Crippen LogP contribution in [-0.4, -0.2) is 22.2 Å². The molecule has 0 spiro atoms. The van der Waals surface area contributed by atoms with Gasteiger partial charge in [0.05, 0.1) is 11.1 Å². The first-order valence-electron chi connectivity index (χ1n) is 7.72. The van der Waals surface area contributed by atoms with Gasteiger partial charge in [0.2, 0.25) is 0 Å². The lowest BCUT2D eigenvalue weighted by Crippen LogP contribution is -2.21. The Hall–Kier alpha value is -2.52. The van der Waals surface area contributed by atoms with Crippen LogP contribution in [0.2, 0.25) is 0 Å². The van der Waals surface area contributed by atoms with Crippen LogP contribution in [-0.2, 0) is 0 Å². The number of fused-ring (bicyclic) bond motifs is 3. The summed E-state index contributed by atoms with van der Waals surface area (Å²) in [5.41, 5.74) is 0.162. The van der Waals surface area contributed by atoms with Gasteiger partial charge in [0, 0.05) is 10.1 Å². The summed E-state index contributed by atoms with van der Waals surface area (Å²) in [5.74, 6) is -0.347. The third kappa shape index (κ3) is 3.28. The van der Waals surface area contributed by atoms with Gasteiger partial charge in [0.15, 0.2) is 5.16 Å². The molecular weight excluding hydrogens is 397 g/mol. The average molecular weight is 408 g/mol. The van der Waals surface area contributed by atoms with Crippen LogP contribution in [0.15, 0.2) is 58.5 Å². The molecule has 4 rings (SSSR count). The molecule has 138 valence electrons. The van der Waals surface area contributed by atoms with Gasteiger partial charge in [-0.15, -0.1) is 24.5 Å². The van der Waals surface area contributed by atoms with Crippen molar-refractivity contribution in [1.29, 1.82) is 0 Å². The van der Waals surface area contributed by atoms with E-state index in [1.54, 1.807) is 6.26 Å². The highest BCUT2D eigenvalue weighted by Crippen LogP contribution is 2.32. The van der Waals surface area contributed by atoms with Crippen LogP contribution in [0.4, 0.5) is 13.2 Å². The van der Waals surface area contributed by atoms with Crippen molar-refractivity contribution in [3.05, 3.63) is 58.9 Å². The Morgan fingerprint density at radius 2 is 1.81 bits per heavy atom. The summed E-state index contributed by atoms with van der Waals surface area (Å²) in [6, 6.07) is 12.7. The topological polar surface area (TPSA) is 44.1 Å². The molecule has 0 aliphatic carbocycles. The Labute approximate surface area is 159 Å². The van der Waals surface area contributed by atoms with E-state index in [4.69, 9.17) is 0 Å². The molecule has 0 amide bonds. The van der Waals surface area contributed by atoms with E-state index in [9.17, 15) is 18.0 Å². The van der Waals surface area contributed by atoms with Gasteiger partial charge in [-0.25, -0.2) is 4.98 Å². The van der Waals surface area contributed by atoms with Crippen molar-refractivity contribution in [2.24, 2.45) is 0 Å². The minimum atomic E-state index is -4.77. The maximum Gasteiger partial charge on any atom is 0.573 e. The van der Waals surface area contributed by atoms with Crippen LogP contribution >= 0.6 is 23.1 Å². The van der Waals surface area contributed by atoms with Gasteiger partial charge in [-0.2, -0.15) is 0 Å². The predicted molar refractivity (Wildman–Crippen MR) is 101 cm³/mol. The number of thiophene rings is 1. The van der Waals surface area contributed by atoms with Crippen LogP contribution in [0.3, 0.4) is 0 Å². The molecule has 0 bridgehead atoms. The summed E-state index contributed by atoms with van der Waals surface area (Å²) in [6.07, 6.45) is -2.97. The third-order valence-corrected chi connectivity index (χ3v) is 5.60. The number of ether oxygens (including phenoxy) is 1. The molecule has 0 unspecified atom stereocenters. The molecule has 0 fully saturated rings. The van der Waals surface area contributed by atoms with Crippen molar-refractivity contribution >= 4 is 43.4 Å². The summed E-state index contributed by atoms with van der Waals surface area (Å²) >= 11 is 2.73. The fourth-order valence-corrected chi connectivity index (χ4v) is 4.49. The molecule has 0 saturated heterocycles. The molecule has 0 saturated carbocycles. The summed E-state index contributed by atoms with van der Waals surface area (Å²) < 4.78 is 43.3. The van der Waals surface area contributed by atoms with E-state index >= 15 is 0 Å². The number of hydrogen-bond acceptors (Lipinski definition) is 5. The largest absolute Gasteiger partial charge is 0.573 e. The summed E-state index contributed by atoms with van der Waals surface area (Å²) in [4.78, 5) is 18.4. The Balaban J connectivity index is 1.91. The van der Waals surface area contributed by atoms with Crippen molar-refractivity contribution in [3.8, 4) is 11.4 Å². The zero-order valence-corrected chi connectivity index (χ0v) is 15.4. The maximum atomic E-state index is 13.2. The zero-order chi connectivity index (χ0) is 19.2. The number of benzene rings is 2. The number of halogens is 3. The standard InChI is InChI=1S/C18H11F3N2O2S2/c1-26-17-22-15-14(12-4-2-3-5-13(12)27-15)16(24)23(17)10-6-8-11(9-7-10)25-18(19,20)21/h2-9H,1H3. The minimum Gasteiger partial charge on any atom is -0.406 e. The highest BCUT2D eigenvalue weighted by molar-refractivity contribution is 7.98.